The first-order valence-electron chi connectivity index (χ1n) is 10.4. The highest BCUT2D eigenvalue weighted by atomic mass is 16.5. The van der Waals surface area contributed by atoms with Crippen LogP contribution in [0.5, 0.6) is 5.75 Å². The second kappa shape index (κ2) is 7.36. The third-order valence-corrected chi connectivity index (χ3v) is 6.73. The van der Waals surface area contributed by atoms with Crippen molar-refractivity contribution >= 4 is 17.4 Å². The number of anilines is 1. The minimum absolute atomic E-state index is 0.0235. The van der Waals surface area contributed by atoms with E-state index < -0.39 is 11.5 Å². The Hall–Kier alpha value is -3.44. The van der Waals surface area contributed by atoms with Gasteiger partial charge in [-0.1, -0.05) is 60.7 Å². The predicted octanol–water partition coefficient (Wildman–Crippen LogP) is 4.07. The number of hydrogen-bond acceptors (Lipinski definition) is 4. The molecule has 0 bridgehead atoms. The zero-order valence-corrected chi connectivity index (χ0v) is 17.5. The lowest BCUT2D eigenvalue weighted by Gasteiger charge is -2.35. The second-order valence-corrected chi connectivity index (χ2v) is 8.24. The Morgan fingerprint density at radius 2 is 1.71 bits per heavy atom. The number of ether oxygens (including phenoxy) is 1. The number of fused-ring (bicyclic) bond motifs is 2. The van der Waals surface area contributed by atoms with Crippen molar-refractivity contribution in [3.8, 4) is 5.75 Å². The first-order chi connectivity index (χ1) is 15.1. The third-order valence-electron chi connectivity index (χ3n) is 6.73. The van der Waals surface area contributed by atoms with Gasteiger partial charge in [0.2, 0.25) is 5.91 Å². The topological polar surface area (TPSA) is 58.6 Å². The van der Waals surface area contributed by atoms with E-state index in [2.05, 4.69) is 5.32 Å². The van der Waals surface area contributed by atoms with E-state index >= 15 is 0 Å². The first-order valence-corrected chi connectivity index (χ1v) is 10.4. The zero-order chi connectivity index (χ0) is 21.6. The molecule has 5 nitrogen and oxygen atoms in total. The molecule has 0 aliphatic carbocycles. The third kappa shape index (κ3) is 2.81. The van der Waals surface area contributed by atoms with Crippen LogP contribution >= 0.6 is 0 Å². The van der Waals surface area contributed by atoms with Crippen molar-refractivity contribution in [2.24, 2.45) is 5.92 Å². The van der Waals surface area contributed by atoms with Gasteiger partial charge in [-0.25, -0.2) is 0 Å². The number of methoxy groups -OCH3 is 1. The summed E-state index contributed by atoms with van der Waals surface area (Å²) in [5.74, 6) is -0.217. The molecule has 2 aliphatic heterocycles. The lowest BCUT2D eigenvalue weighted by Crippen LogP contribution is -2.51. The number of amides is 1. The molecule has 156 valence electrons. The molecule has 2 heterocycles. The number of nitrogens with zero attached hydrogens (tertiary/aromatic N) is 1. The second-order valence-electron chi connectivity index (χ2n) is 8.24. The quantitative estimate of drug-likeness (QED) is 0.657. The minimum Gasteiger partial charge on any atom is -0.497 e. The fraction of sp³-hybridized carbons (Fsp3) is 0.231. The number of hydrogen-bond donors (Lipinski definition) is 1. The maximum absolute atomic E-state index is 14.0. The summed E-state index contributed by atoms with van der Waals surface area (Å²) in [6.45, 7) is 0.595. The zero-order valence-electron chi connectivity index (χ0n) is 17.5. The van der Waals surface area contributed by atoms with Gasteiger partial charge in [0.15, 0.2) is 5.78 Å². The van der Waals surface area contributed by atoms with Gasteiger partial charge in [0.1, 0.15) is 11.3 Å². The summed E-state index contributed by atoms with van der Waals surface area (Å²) in [7, 11) is 3.54. The van der Waals surface area contributed by atoms with Crippen LogP contribution in [0.15, 0.2) is 78.9 Å². The molecular formula is C26H24N2O3. The maximum Gasteiger partial charge on any atom is 0.250 e. The van der Waals surface area contributed by atoms with Crippen molar-refractivity contribution in [2.45, 2.75) is 11.5 Å². The average molecular weight is 412 g/mol. The van der Waals surface area contributed by atoms with Crippen LogP contribution in [0.4, 0.5) is 5.69 Å². The summed E-state index contributed by atoms with van der Waals surface area (Å²) in [4.78, 5) is 29.7. The average Bonchev–Trinajstić information content (AvgIpc) is 3.29. The van der Waals surface area contributed by atoms with E-state index in [9.17, 15) is 9.59 Å². The normalized spacial score (nSPS) is 24.8. The molecule has 3 atom stereocenters. The summed E-state index contributed by atoms with van der Waals surface area (Å²) in [6.07, 6.45) is 0. The molecule has 0 aromatic heterocycles. The van der Waals surface area contributed by atoms with E-state index in [0.29, 0.717) is 17.9 Å². The fourth-order valence-electron chi connectivity index (χ4n) is 5.33. The van der Waals surface area contributed by atoms with E-state index in [4.69, 9.17) is 4.74 Å². The fourth-order valence-corrected chi connectivity index (χ4v) is 5.33. The van der Waals surface area contributed by atoms with Crippen molar-refractivity contribution in [2.75, 3.05) is 26.0 Å². The summed E-state index contributed by atoms with van der Waals surface area (Å²) in [5, 5.41) is 3.03. The molecule has 0 saturated carbocycles. The van der Waals surface area contributed by atoms with Gasteiger partial charge < -0.3 is 10.1 Å². The minimum atomic E-state index is -1.10. The number of carbonyl (C=O) groups is 2. The molecule has 1 N–H and O–H groups in total. The number of benzene rings is 3. The Morgan fingerprint density at radius 1 is 1.03 bits per heavy atom. The number of likely N-dealkylation sites (tertiary alicyclic amines) is 1. The number of carbonyl (C=O) groups excluding carboxylic acids is 2. The van der Waals surface area contributed by atoms with Crippen LogP contribution < -0.4 is 10.1 Å². The smallest absolute Gasteiger partial charge is 0.250 e. The molecule has 1 spiro atoms. The number of likely N-dealkylation sites (N-methyl/N-ethyl adjacent to an activating group) is 1. The summed E-state index contributed by atoms with van der Waals surface area (Å²) < 4.78 is 5.46. The van der Waals surface area contributed by atoms with Gasteiger partial charge >= 0.3 is 0 Å². The van der Waals surface area contributed by atoms with Gasteiger partial charge in [0.25, 0.3) is 0 Å². The van der Waals surface area contributed by atoms with Crippen molar-refractivity contribution in [1.29, 1.82) is 0 Å². The molecular weight excluding hydrogens is 388 g/mol. The Bertz CT molecular complexity index is 1150. The number of Topliss-reactive ketones (excluding diaryl/α,β-unsaturated/α-hetero) is 1. The number of rotatable bonds is 4. The van der Waals surface area contributed by atoms with E-state index in [-0.39, 0.29) is 17.6 Å². The van der Waals surface area contributed by atoms with Crippen molar-refractivity contribution < 1.29 is 14.3 Å². The van der Waals surface area contributed by atoms with Crippen LogP contribution in [0, 0.1) is 5.92 Å². The van der Waals surface area contributed by atoms with Gasteiger partial charge in [-0.3, -0.25) is 14.5 Å². The van der Waals surface area contributed by atoms with Gasteiger partial charge in [-0.2, -0.15) is 0 Å². The highest BCUT2D eigenvalue weighted by Gasteiger charge is 2.64. The van der Waals surface area contributed by atoms with E-state index in [0.717, 1.165) is 16.8 Å². The molecule has 31 heavy (non-hydrogen) atoms. The Kier molecular flexibility index (Phi) is 4.63. The van der Waals surface area contributed by atoms with Crippen LogP contribution in [0.2, 0.25) is 0 Å². The molecule has 0 radical (unpaired) electrons. The van der Waals surface area contributed by atoms with Crippen molar-refractivity contribution in [1.82, 2.24) is 4.90 Å². The summed E-state index contributed by atoms with van der Waals surface area (Å²) >= 11 is 0. The van der Waals surface area contributed by atoms with E-state index in [1.165, 1.54) is 0 Å². The van der Waals surface area contributed by atoms with Gasteiger partial charge in [0.05, 0.1) is 13.0 Å². The van der Waals surface area contributed by atoms with Crippen molar-refractivity contribution in [3.05, 3.63) is 95.6 Å². The Morgan fingerprint density at radius 3 is 2.39 bits per heavy atom. The van der Waals surface area contributed by atoms with Gasteiger partial charge in [0, 0.05) is 29.3 Å². The number of ketones is 1. The maximum atomic E-state index is 14.0. The van der Waals surface area contributed by atoms with Gasteiger partial charge in [-0.05, 0) is 30.8 Å². The lowest BCUT2D eigenvalue weighted by molar-refractivity contribution is -0.126. The first kappa shape index (κ1) is 19.5. The highest BCUT2D eigenvalue weighted by Crippen LogP contribution is 2.56. The highest BCUT2D eigenvalue weighted by molar-refractivity contribution is 6.12. The Labute approximate surface area is 181 Å². The molecule has 1 fully saturated rings. The number of nitrogens with one attached hydrogen (secondary N) is 1. The standard InChI is InChI=1S/C26H24N2O3/c1-28-16-20(17-9-5-3-6-10-17)23(24(29)18-11-7-4-8-12-18)26(28)21-15-19(31-2)13-14-22(21)27-25(26)30/h3-15,20,23H,16H2,1-2H3,(H,27,30)/t20-,23+,26+/m1/s1. The molecule has 3 aromatic carbocycles. The molecule has 5 heteroatoms. The largest absolute Gasteiger partial charge is 0.497 e. The molecule has 3 aromatic rings. The summed E-state index contributed by atoms with van der Waals surface area (Å²) in [6, 6.07) is 24.9. The van der Waals surface area contributed by atoms with E-state index in [1.807, 2.05) is 90.8 Å². The van der Waals surface area contributed by atoms with Crippen LogP contribution in [-0.4, -0.2) is 37.3 Å². The van der Waals surface area contributed by atoms with Gasteiger partial charge in [-0.15, -0.1) is 0 Å². The van der Waals surface area contributed by atoms with Crippen LogP contribution in [0.3, 0.4) is 0 Å². The van der Waals surface area contributed by atoms with Crippen LogP contribution in [0.1, 0.15) is 27.4 Å². The van der Waals surface area contributed by atoms with Crippen LogP contribution in [0.25, 0.3) is 0 Å². The lowest BCUT2D eigenvalue weighted by atomic mass is 9.70. The van der Waals surface area contributed by atoms with E-state index in [1.54, 1.807) is 7.11 Å². The monoisotopic (exact) mass is 412 g/mol. The van der Waals surface area contributed by atoms with Crippen molar-refractivity contribution in [3.63, 3.8) is 0 Å². The summed E-state index contributed by atoms with van der Waals surface area (Å²) in [5.41, 5.74) is 2.11. The molecule has 0 unspecified atom stereocenters. The molecule has 1 amide bonds. The molecule has 1 saturated heterocycles. The SMILES string of the molecule is COc1ccc2c(c1)[C@@]1(C(=O)N2)[C@H](C(=O)c2ccccc2)[C@@H](c2ccccc2)CN1C. The Balaban J connectivity index is 1.74. The molecule has 2 aliphatic rings. The predicted molar refractivity (Wildman–Crippen MR) is 119 cm³/mol. The van der Waals surface area contributed by atoms with Crippen LogP contribution in [-0.2, 0) is 10.3 Å². The molecule has 5 rings (SSSR count).